The van der Waals surface area contributed by atoms with Crippen molar-refractivity contribution in [3.8, 4) is 11.1 Å². The lowest BCUT2D eigenvalue weighted by molar-refractivity contribution is -0.136. The van der Waals surface area contributed by atoms with Crippen LogP contribution in [0.15, 0.2) is 60.8 Å². The van der Waals surface area contributed by atoms with Gasteiger partial charge in [0.2, 0.25) is 0 Å². The summed E-state index contributed by atoms with van der Waals surface area (Å²) >= 11 is 0. The highest BCUT2D eigenvalue weighted by Gasteiger charge is 2.13. The van der Waals surface area contributed by atoms with E-state index in [-0.39, 0.29) is 6.42 Å². The van der Waals surface area contributed by atoms with Gasteiger partial charge in [-0.2, -0.15) is 0 Å². The first-order chi connectivity index (χ1) is 9.75. The number of carboxylic acids is 1. The maximum absolute atomic E-state index is 11.0. The van der Waals surface area contributed by atoms with Crippen LogP contribution < -0.4 is 0 Å². The zero-order chi connectivity index (χ0) is 13.9. The van der Waals surface area contributed by atoms with Crippen molar-refractivity contribution in [1.29, 1.82) is 0 Å². The SMILES string of the molecule is O=C(O)Cc1ncc2ccccc2c1-c1ccccc1. The highest BCUT2D eigenvalue weighted by Crippen LogP contribution is 2.31. The van der Waals surface area contributed by atoms with Crippen molar-refractivity contribution in [2.45, 2.75) is 6.42 Å². The molecule has 3 heteroatoms. The van der Waals surface area contributed by atoms with Crippen molar-refractivity contribution in [2.75, 3.05) is 0 Å². The first-order valence-corrected chi connectivity index (χ1v) is 6.39. The molecule has 0 aliphatic heterocycles. The normalized spacial score (nSPS) is 10.6. The standard InChI is InChI=1S/C17H13NO2/c19-16(20)10-15-17(12-6-2-1-3-7-12)14-9-5-4-8-13(14)11-18-15/h1-9,11H,10H2,(H,19,20). The van der Waals surface area contributed by atoms with Crippen molar-refractivity contribution < 1.29 is 9.90 Å². The molecule has 0 bridgehead atoms. The Morgan fingerprint density at radius 1 is 1.00 bits per heavy atom. The number of fused-ring (bicyclic) bond motifs is 1. The summed E-state index contributed by atoms with van der Waals surface area (Å²) < 4.78 is 0. The van der Waals surface area contributed by atoms with E-state index in [4.69, 9.17) is 5.11 Å². The Morgan fingerprint density at radius 3 is 2.45 bits per heavy atom. The number of pyridine rings is 1. The predicted molar refractivity (Wildman–Crippen MR) is 78.5 cm³/mol. The lowest BCUT2D eigenvalue weighted by atomic mass is 9.96. The van der Waals surface area contributed by atoms with E-state index < -0.39 is 5.97 Å². The van der Waals surface area contributed by atoms with Crippen LogP contribution in [0.3, 0.4) is 0 Å². The second-order valence-corrected chi connectivity index (χ2v) is 4.60. The number of rotatable bonds is 3. The monoisotopic (exact) mass is 263 g/mol. The van der Waals surface area contributed by atoms with E-state index in [1.54, 1.807) is 6.20 Å². The van der Waals surface area contributed by atoms with Gasteiger partial charge in [-0.05, 0) is 10.9 Å². The zero-order valence-corrected chi connectivity index (χ0v) is 10.8. The third kappa shape index (κ3) is 2.26. The molecule has 3 aromatic rings. The molecule has 0 amide bonds. The molecule has 0 radical (unpaired) electrons. The third-order valence-corrected chi connectivity index (χ3v) is 3.26. The van der Waals surface area contributed by atoms with Crippen LogP contribution >= 0.6 is 0 Å². The summed E-state index contributed by atoms with van der Waals surface area (Å²) in [4.78, 5) is 15.4. The van der Waals surface area contributed by atoms with Crippen LogP contribution in [0, 0.1) is 0 Å². The molecule has 0 fully saturated rings. The molecule has 0 saturated carbocycles. The van der Waals surface area contributed by atoms with Gasteiger partial charge in [-0.3, -0.25) is 9.78 Å². The van der Waals surface area contributed by atoms with Crippen LogP contribution in [-0.2, 0) is 11.2 Å². The number of nitrogens with zero attached hydrogens (tertiary/aromatic N) is 1. The van der Waals surface area contributed by atoms with Gasteiger partial charge in [0, 0.05) is 17.1 Å². The number of carbonyl (C=O) groups is 1. The van der Waals surface area contributed by atoms with Gasteiger partial charge in [-0.25, -0.2) is 0 Å². The second-order valence-electron chi connectivity index (χ2n) is 4.60. The minimum Gasteiger partial charge on any atom is -0.481 e. The smallest absolute Gasteiger partial charge is 0.309 e. The maximum atomic E-state index is 11.0. The summed E-state index contributed by atoms with van der Waals surface area (Å²) in [6.07, 6.45) is 1.66. The molecular formula is C17H13NO2. The molecule has 0 spiro atoms. The number of aliphatic carboxylic acids is 1. The topological polar surface area (TPSA) is 50.2 Å². The van der Waals surface area contributed by atoms with Gasteiger partial charge < -0.3 is 5.11 Å². The molecule has 2 aromatic carbocycles. The number of benzene rings is 2. The minimum atomic E-state index is -0.870. The van der Waals surface area contributed by atoms with Crippen LogP contribution in [0.4, 0.5) is 0 Å². The summed E-state index contributed by atoms with van der Waals surface area (Å²) in [5, 5.41) is 11.1. The van der Waals surface area contributed by atoms with Crippen molar-refractivity contribution in [3.63, 3.8) is 0 Å². The summed E-state index contributed by atoms with van der Waals surface area (Å²) in [6, 6.07) is 17.7. The lowest BCUT2D eigenvalue weighted by Gasteiger charge is -2.11. The maximum Gasteiger partial charge on any atom is 0.309 e. The second kappa shape index (κ2) is 5.13. The first-order valence-electron chi connectivity index (χ1n) is 6.39. The Hall–Kier alpha value is -2.68. The van der Waals surface area contributed by atoms with Gasteiger partial charge in [0.25, 0.3) is 0 Å². The van der Waals surface area contributed by atoms with Crippen LogP contribution in [0.25, 0.3) is 21.9 Å². The highest BCUT2D eigenvalue weighted by molar-refractivity contribution is 5.98. The van der Waals surface area contributed by atoms with Crippen molar-refractivity contribution >= 4 is 16.7 Å². The van der Waals surface area contributed by atoms with E-state index >= 15 is 0 Å². The van der Waals surface area contributed by atoms with E-state index in [9.17, 15) is 4.79 Å². The number of carboxylic acid groups (broad SMARTS) is 1. The van der Waals surface area contributed by atoms with Gasteiger partial charge in [-0.15, -0.1) is 0 Å². The fraction of sp³-hybridized carbons (Fsp3) is 0.0588. The molecule has 0 saturated heterocycles. The first kappa shape index (κ1) is 12.4. The lowest BCUT2D eigenvalue weighted by Crippen LogP contribution is -2.04. The predicted octanol–water partition coefficient (Wildman–Crippen LogP) is 3.53. The quantitative estimate of drug-likeness (QED) is 0.786. The molecular weight excluding hydrogens is 250 g/mol. The Bertz CT molecular complexity index is 766. The Kier molecular flexibility index (Phi) is 3.17. The average molecular weight is 263 g/mol. The number of aromatic nitrogens is 1. The van der Waals surface area contributed by atoms with Crippen molar-refractivity contribution in [1.82, 2.24) is 4.98 Å². The Labute approximate surface area is 116 Å². The molecule has 1 N–H and O–H groups in total. The van der Waals surface area contributed by atoms with Crippen LogP contribution in [0.1, 0.15) is 5.69 Å². The number of hydrogen-bond acceptors (Lipinski definition) is 2. The van der Waals surface area contributed by atoms with Gasteiger partial charge in [0.15, 0.2) is 0 Å². The highest BCUT2D eigenvalue weighted by atomic mass is 16.4. The molecule has 3 nitrogen and oxygen atoms in total. The van der Waals surface area contributed by atoms with Crippen LogP contribution in [0.5, 0.6) is 0 Å². The molecule has 0 atom stereocenters. The summed E-state index contributed by atoms with van der Waals surface area (Å²) in [5.74, 6) is -0.870. The van der Waals surface area contributed by atoms with E-state index in [2.05, 4.69) is 4.98 Å². The molecule has 0 aliphatic rings. The van der Waals surface area contributed by atoms with Crippen LogP contribution in [-0.4, -0.2) is 16.1 Å². The van der Waals surface area contributed by atoms with Crippen molar-refractivity contribution in [3.05, 3.63) is 66.5 Å². The van der Waals surface area contributed by atoms with Gasteiger partial charge in [0.05, 0.1) is 12.1 Å². The third-order valence-electron chi connectivity index (χ3n) is 3.26. The Morgan fingerprint density at radius 2 is 1.70 bits per heavy atom. The zero-order valence-electron chi connectivity index (χ0n) is 10.8. The minimum absolute atomic E-state index is 0.0743. The summed E-state index contributed by atoms with van der Waals surface area (Å²) in [7, 11) is 0. The molecule has 1 aromatic heterocycles. The molecule has 0 unspecified atom stereocenters. The Balaban J connectivity index is 2.31. The summed E-state index contributed by atoms with van der Waals surface area (Å²) in [5.41, 5.74) is 2.50. The molecule has 20 heavy (non-hydrogen) atoms. The average Bonchev–Trinajstić information content (AvgIpc) is 2.47. The molecule has 1 heterocycles. The fourth-order valence-electron chi connectivity index (χ4n) is 2.41. The van der Waals surface area contributed by atoms with E-state index in [1.807, 2.05) is 54.6 Å². The molecule has 3 rings (SSSR count). The van der Waals surface area contributed by atoms with Gasteiger partial charge >= 0.3 is 5.97 Å². The molecule has 98 valence electrons. The fourth-order valence-corrected chi connectivity index (χ4v) is 2.41. The van der Waals surface area contributed by atoms with E-state index in [1.165, 1.54) is 0 Å². The molecule has 0 aliphatic carbocycles. The summed E-state index contributed by atoms with van der Waals surface area (Å²) in [6.45, 7) is 0. The van der Waals surface area contributed by atoms with Gasteiger partial charge in [-0.1, -0.05) is 54.6 Å². The van der Waals surface area contributed by atoms with Crippen molar-refractivity contribution in [2.24, 2.45) is 0 Å². The number of hydrogen-bond donors (Lipinski definition) is 1. The van der Waals surface area contributed by atoms with E-state index in [0.717, 1.165) is 21.9 Å². The van der Waals surface area contributed by atoms with Crippen LogP contribution in [0.2, 0.25) is 0 Å². The largest absolute Gasteiger partial charge is 0.481 e. The van der Waals surface area contributed by atoms with E-state index in [0.29, 0.717) is 5.69 Å². The van der Waals surface area contributed by atoms with Gasteiger partial charge in [0.1, 0.15) is 0 Å².